The first-order chi connectivity index (χ1) is 8.61. The van der Waals surface area contributed by atoms with Gasteiger partial charge in [-0.25, -0.2) is 4.39 Å². The van der Waals surface area contributed by atoms with Crippen molar-refractivity contribution < 1.29 is 9.18 Å². The summed E-state index contributed by atoms with van der Waals surface area (Å²) in [7, 11) is 0. The molecule has 0 aromatic heterocycles. The quantitative estimate of drug-likeness (QED) is 0.907. The van der Waals surface area contributed by atoms with Crippen LogP contribution in [0.2, 0.25) is 0 Å². The molecule has 0 spiro atoms. The number of nitrogens with two attached hydrogens (primary N) is 1. The average molecular weight is 287 g/mol. The highest BCUT2D eigenvalue weighted by Gasteiger charge is 2.24. The summed E-state index contributed by atoms with van der Waals surface area (Å²) in [5.74, 6) is -0.138. The fourth-order valence-corrected chi connectivity index (χ4v) is 2.34. The molecule has 1 amide bonds. The third kappa shape index (κ3) is 3.67. The molecule has 0 bridgehead atoms. The molecule has 2 rings (SSSR count). The Kier molecular flexibility index (Phi) is 5.76. The van der Waals surface area contributed by atoms with Crippen LogP contribution in [0.4, 0.5) is 4.39 Å². The number of benzene rings is 1. The van der Waals surface area contributed by atoms with Crippen LogP contribution in [0.5, 0.6) is 0 Å². The van der Waals surface area contributed by atoms with Crippen molar-refractivity contribution >= 4 is 18.3 Å². The Morgan fingerprint density at radius 1 is 1.42 bits per heavy atom. The highest BCUT2D eigenvalue weighted by Crippen LogP contribution is 2.19. The van der Waals surface area contributed by atoms with E-state index >= 15 is 0 Å². The third-order valence-electron chi connectivity index (χ3n) is 3.59. The standard InChI is InChI=1S/C14H19FN2O.ClH/c1-10-2-3-12(13(15)8-10)14(18)17-6-4-11(9-16)5-7-17;/h2-3,8,11H,4-7,9,16H2,1H3;1H. The highest BCUT2D eigenvalue weighted by molar-refractivity contribution is 5.94. The van der Waals surface area contributed by atoms with Gasteiger partial charge in [-0.2, -0.15) is 0 Å². The van der Waals surface area contributed by atoms with Crippen LogP contribution in [0.3, 0.4) is 0 Å². The first-order valence-corrected chi connectivity index (χ1v) is 6.37. The molecule has 0 radical (unpaired) electrons. The third-order valence-corrected chi connectivity index (χ3v) is 3.59. The van der Waals surface area contributed by atoms with Crippen LogP contribution in [-0.2, 0) is 0 Å². The maximum atomic E-state index is 13.7. The molecule has 0 saturated carbocycles. The lowest BCUT2D eigenvalue weighted by Crippen LogP contribution is -2.40. The van der Waals surface area contributed by atoms with E-state index in [1.165, 1.54) is 6.07 Å². The molecule has 1 heterocycles. The summed E-state index contributed by atoms with van der Waals surface area (Å²) < 4.78 is 13.7. The van der Waals surface area contributed by atoms with Gasteiger partial charge in [-0.1, -0.05) is 6.07 Å². The van der Waals surface area contributed by atoms with Crippen molar-refractivity contribution in [1.82, 2.24) is 4.90 Å². The number of nitrogens with zero attached hydrogens (tertiary/aromatic N) is 1. The summed E-state index contributed by atoms with van der Waals surface area (Å²) >= 11 is 0. The number of likely N-dealkylation sites (tertiary alicyclic amines) is 1. The van der Waals surface area contributed by atoms with E-state index in [1.54, 1.807) is 17.0 Å². The lowest BCUT2D eigenvalue weighted by atomic mass is 9.96. The second-order valence-corrected chi connectivity index (χ2v) is 4.95. The van der Waals surface area contributed by atoms with Gasteiger partial charge in [0.25, 0.3) is 5.91 Å². The molecule has 1 aliphatic rings. The molecule has 1 saturated heterocycles. The predicted octanol–water partition coefficient (Wildman–Crippen LogP) is 2.37. The van der Waals surface area contributed by atoms with Crippen LogP contribution >= 0.6 is 12.4 Å². The van der Waals surface area contributed by atoms with Crippen molar-refractivity contribution in [2.45, 2.75) is 19.8 Å². The van der Waals surface area contributed by atoms with E-state index < -0.39 is 5.82 Å². The normalized spacial score (nSPS) is 16.1. The van der Waals surface area contributed by atoms with Gasteiger partial charge in [0.05, 0.1) is 5.56 Å². The average Bonchev–Trinajstić information content (AvgIpc) is 2.38. The SMILES string of the molecule is Cc1ccc(C(=O)N2CCC(CN)CC2)c(F)c1.Cl. The Balaban J connectivity index is 0.00000180. The minimum Gasteiger partial charge on any atom is -0.339 e. The van der Waals surface area contributed by atoms with E-state index in [9.17, 15) is 9.18 Å². The number of hydrogen-bond acceptors (Lipinski definition) is 2. The minimum absolute atomic E-state index is 0. The van der Waals surface area contributed by atoms with Crippen LogP contribution in [0.15, 0.2) is 18.2 Å². The summed E-state index contributed by atoms with van der Waals surface area (Å²) in [6, 6.07) is 4.74. The van der Waals surface area contributed by atoms with E-state index in [2.05, 4.69) is 0 Å². The summed E-state index contributed by atoms with van der Waals surface area (Å²) in [4.78, 5) is 13.9. The summed E-state index contributed by atoms with van der Waals surface area (Å²) in [6.07, 6.45) is 1.82. The predicted molar refractivity (Wildman–Crippen MR) is 76.1 cm³/mol. The zero-order chi connectivity index (χ0) is 13.1. The van der Waals surface area contributed by atoms with Crippen molar-refractivity contribution in [3.8, 4) is 0 Å². The van der Waals surface area contributed by atoms with Crippen molar-refractivity contribution in [1.29, 1.82) is 0 Å². The summed E-state index contributed by atoms with van der Waals surface area (Å²) in [5.41, 5.74) is 6.61. The van der Waals surface area contributed by atoms with Crippen LogP contribution in [0.25, 0.3) is 0 Å². The largest absolute Gasteiger partial charge is 0.339 e. The molecule has 1 aromatic carbocycles. The Labute approximate surface area is 119 Å². The van der Waals surface area contributed by atoms with Gasteiger partial charge in [0.2, 0.25) is 0 Å². The van der Waals surface area contributed by atoms with Gasteiger partial charge in [0.15, 0.2) is 0 Å². The van der Waals surface area contributed by atoms with Gasteiger partial charge >= 0.3 is 0 Å². The van der Waals surface area contributed by atoms with E-state index in [0.29, 0.717) is 25.6 Å². The van der Waals surface area contributed by atoms with Crippen LogP contribution in [-0.4, -0.2) is 30.4 Å². The van der Waals surface area contributed by atoms with Crippen molar-refractivity contribution in [2.75, 3.05) is 19.6 Å². The monoisotopic (exact) mass is 286 g/mol. The first-order valence-electron chi connectivity index (χ1n) is 6.37. The Bertz CT molecular complexity index is 445. The van der Waals surface area contributed by atoms with Gasteiger partial charge in [0, 0.05) is 13.1 Å². The van der Waals surface area contributed by atoms with Gasteiger partial charge in [-0.05, 0) is 49.9 Å². The summed E-state index contributed by atoms with van der Waals surface area (Å²) in [5, 5.41) is 0. The van der Waals surface area contributed by atoms with Crippen LogP contribution < -0.4 is 5.73 Å². The molecule has 2 N–H and O–H groups in total. The number of rotatable bonds is 2. The number of halogens is 2. The molecule has 0 aliphatic carbocycles. The number of carbonyl (C=O) groups excluding carboxylic acids is 1. The molecular weight excluding hydrogens is 267 g/mol. The number of aryl methyl sites for hydroxylation is 1. The molecule has 19 heavy (non-hydrogen) atoms. The minimum atomic E-state index is -0.430. The number of hydrogen-bond donors (Lipinski definition) is 1. The number of piperidine rings is 1. The lowest BCUT2D eigenvalue weighted by Gasteiger charge is -2.31. The molecule has 106 valence electrons. The summed E-state index contributed by atoms with van der Waals surface area (Å²) in [6.45, 7) is 3.83. The topological polar surface area (TPSA) is 46.3 Å². The number of carbonyl (C=O) groups is 1. The Morgan fingerprint density at radius 3 is 2.58 bits per heavy atom. The van der Waals surface area contributed by atoms with E-state index in [-0.39, 0.29) is 23.9 Å². The Hall–Kier alpha value is -1.13. The van der Waals surface area contributed by atoms with Crippen molar-refractivity contribution in [3.63, 3.8) is 0 Å². The van der Waals surface area contributed by atoms with Crippen molar-refractivity contribution in [2.24, 2.45) is 11.7 Å². The zero-order valence-corrected chi connectivity index (χ0v) is 11.9. The maximum Gasteiger partial charge on any atom is 0.256 e. The molecular formula is C14H20ClFN2O. The van der Waals surface area contributed by atoms with Gasteiger partial charge in [0.1, 0.15) is 5.82 Å². The number of amides is 1. The fourth-order valence-electron chi connectivity index (χ4n) is 2.34. The van der Waals surface area contributed by atoms with E-state index in [1.807, 2.05) is 6.92 Å². The fraction of sp³-hybridized carbons (Fsp3) is 0.500. The first kappa shape index (κ1) is 15.9. The molecule has 0 unspecified atom stereocenters. The van der Waals surface area contributed by atoms with Gasteiger partial charge in [-0.3, -0.25) is 4.79 Å². The van der Waals surface area contributed by atoms with Gasteiger partial charge in [-0.15, -0.1) is 12.4 Å². The molecule has 5 heteroatoms. The molecule has 1 fully saturated rings. The Morgan fingerprint density at radius 2 is 2.05 bits per heavy atom. The van der Waals surface area contributed by atoms with E-state index in [0.717, 1.165) is 18.4 Å². The lowest BCUT2D eigenvalue weighted by molar-refractivity contribution is 0.0688. The molecule has 1 aromatic rings. The second-order valence-electron chi connectivity index (χ2n) is 4.95. The van der Waals surface area contributed by atoms with Gasteiger partial charge < -0.3 is 10.6 Å². The van der Waals surface area contributed by atoms with Crippen LogP contribution in [0.1, 0.15) is 28.8 Å². The highest BCUT2D eigenvalue weighted by atomic mass is 35.5. The van der Waals surface area contributed by atoms with Crippen LogP contribution in [0, 0.1) is 18.7 Å². The maximum absolute atomic E-state index is 13.7. The molecule has 0 atom stereocenters. The van der Waals surface area contributed by atoms with E-state index in [4.69, 9.17) is 5.73 Å². The van der Waals surface area contributed by atoms with Crippen molar-refractivity contribution in [3.05, 3.63) is 35.1 Å². The second kappa shape index (κ2) is 6.87. The smallest absolute Gasteiger partial charge is 0.256 e. The molecule has 1 aliphatic heterocycles. The molecule has 3 nitrogen and oxygen atoms in total. The zero-order valence-electron chi connectivity index (χ0n) is 11.1.